The first-order valence-corrected chi connectivity index (χ1v) is 5.75. The van der Waals surface area contributed by atoms with Gasteiger partial charge in [-0.3, -0.25) is 0 Å². The lowest BCUT2D eigenvalue weighted by Gasteiger charge is -2.13. The number of alkyl halides is 1. The molecule has 0 saturated heterocycles. The Morgan fingerprint density at radius 3 is 2.62 bits per heavy atom. The fourth-order valence-electron chi connectivity index (χ4n) is 1.47. The van der Waals surface area contributed by atoms with Crippen molar-refractivity contribution in [2.45, 2.75) is 26.7 Å². The normalized spacial score (nSPS) is 13.0. The van der Waals surface area contributed by atoms with Gasteiger partial charge in [0.05, 0.1) is 0 Å². The van der Waals surface area contributed by atoms with Crippen molar-refractivity contribution >= 4 is 27.5 Å². The van der Waals surface area contributed by atoms with Crippen LogP contribution < -0.4 is 0 Å². The Labute approximate surface area is 92.6 Å². The van der Waals surface area contributed by atoms with Crippen molar-refractivity contribution in [3.05, 3.63) is 28.0 Å². The predicted octanol–water partition coefficient (Wildman–Crippen LogP) is 3.85. The first-order chi connectivity index (χ1) is 6.06. The zero-order valence-electron chi connectivity index (χ0n) is 8.06. The zero-order valence-corrected chi connectivity index (χ0v) is 10.4. The fraction of sp³-hybridized carbons (Fsp3) is 0.500. The highest BCUT2D eigenvalue weighted by molar-refractivity contribution is 9.09. The molecule has 0 N–H and O–H groups in total. The maximum atomic E-state index is 6.08. The maximum Gasteiger partial charge on any atom is 0.133 e. The molecule has 0 bridgehead atoms. The summed E-state index contributed by atoms with van der Waals surface area (Å²) >= 11 is 9.53. The van der Waals surface area contributed by atoms with Crippen LogP contribution >= 0.6 is 27.5 Å². The fourth-order valence-corrected chi connectivity index (χ4v) is 2.26. The molecule has 0 spiro atoms. The number of pyridine rings is 1. The van der Waals surface area contributed by atoms with E-state index in [2.05, 4.69) is 40.8 Å². The van der Waals surface area contributed by atoms with E-state index >= 15 is 0 Å². The van der Waals surface area contributed by atoms with Gasteiger partial charge in [0.15, 0.2) is 0 Å². The molecule has 0 aliphatic carbocycles. The second-order valence-corrected chi connectivity index (χ2v) is 4.35. The van der Waals surface area contributed by atoms with Crippen LogP contribution in [0.1, 0.15) is 29.7 Å². The number of nitrogens with zero attached hydrogens (tertiary/aromatic N) is 1. The SMILES string of the molecule is Cc1cc(C)c(C(C)CBr)c(Cl)n1. The van der Waals surface area contributed by atoms with Crippen molar-refractivity contribution in [1.29, 1.82) is 0 Å². The van der Waals surface area contributed by atoms with Crippen molar-refractivity contribution in [3.8, 4) is 0 Å². The third kappa shape index (κ3) is 2.44. The van der Waals surface area contributed by atoms with E-state index in [9.17, 15) is 0 Å². The number of halogens is 2. The molecule has 1 nitrogen and oxygen atoms in total. The van der Waals surface area contributed by atoms with Gasteiger partial charge in [-0.25, -0.2) is 4.98 Å². The Morgan fingerprint density at radius 2 is 2.15 bits per heavy atom. The van der Waals surface area contributed by atoms with Gasteiger partial charge in [0.25, 0.3) is 0 Å². The second kappa shape index (κ2) is 4.43. The number of hydrogen-bond donors (Lipinski definition) is 0. The molecule has 13 heavy (non-hydrogen) atoms. The standard InChI is InChI=1S/C10H13BrClN/c1-6-4-8(3)13-10(12)9(6)7(2)5-11/h4,7H,5H2,1-3H3. The van der Waals surface area contributed by atoms with E-state index in [1.54, 1.807) is 0 Å². The summed E-state index contributed by atoms with van der Waals surface area (Å²) < 4.78 is 0. The lowest BCUT2D eigenvalue weighted by molar-refractivity contribution is 0.863. The van der Waals surface area contributed by atoms with Crippen LogP contribution in [-0.2, 0) is 0 Å². The Balaban J connectivity index is 3.20. The Kier molecular flexibility index (Phi) is 3.74. The molecule has 0 aliphatic rings. The molecule has 1 atom stereocenters. The molecule has 0 radical (unpaired) electrons. The molecule has 1 unspecified atom stereocenters. The van der Waals surface area contributed by atoms with Crippen LogP contribution in [0, 0.1) is 13.8 Å². The lowest BCUT2D eigenvalue weighted by atomic mass is 10.00. The van der Waals surface area contributed by atoms with Crippen molar-refractivity contribution in [2.24, 2.45) is 0 Å². The highest BCUT2D eigenvalue weighted by Crippen LogP contribution is 2.27. The maximum absolute atomic E-state index is 6.08. The van der Waals surface area contributed by atoms with E-state index in [-0.39, 0.29) is 0 Å². The van der Waals surface area contributed by atoms with Gasteiger partial charge in [-0.05, 0) is 37.0 Å². The second-order valence-electron chi connectivity index (χ2n) is 3.34. The quantitative estimate of drug-likeness (QED) is 0.583. The first kappa shape index (κ1) is 11.0. The van der Waals surface area contributed by atoms with Gasteiger partial charge in [0.1, 0.15) is 5.15 Å². The van der Waals surface area contributed by atoms with Gasteiger partial charge >= 0.3 is 0 Å². The average molecular weight is 263 g/mol. The topological polar surface area (TPSA) is 12.9 Å². The van der Waals surface area contributed by atoms with Crippen molar-refractivity contribution in [2.75, 3.05) is 5.33 Å². The van der Waals surface area contributed by atoms with E-state index in [1.807, 2.05) is 6.92 Å². The molecular weight excluding hydrogens is 249 g/mol. The minimum atomic E-state index is 0.417. The van der Waals surface area contributed by atoms with Crippen LogP contribution in [0.15, 0.2) is 6.07 Å². The number of aryl methyl sites for hydroxylation is 2. The summed E-state index contributed by atoms with van der Waals surface area (Å²) in [6.07, 6.45) is 0. The Hall–Kier alpha value is -0.0800. The molecule has 0 amide bonds. The van der Waals surface area contributed by atoms with Gasteiger partial charge in [-0.15, -0.1) is 0 Å². The highest BCUT2D eigenvalue weighted by Gasteiger charge is 2.12. The summed E-state index contributed by atoms with van der Waals surface area (Å²) in [6.45, 7) is 6.18. The molecule has 0 saturated carbocycles. The summed E-state index contributed by atoms with van der Waals surface area (Å²) in [5.41, 5.74) is 3.36. The molecule has 0 aliphatic heterocycles. The van der Waals surface area contributed by atoms with Crippen LogP contribution in [0.4, 0.5) is 0 Å². The van der Waals surface area contributed by atoms with E-state index < -0.39 is 0 Å². The molecule has 3 heteroatoms. The molecule has 1 rings (SSSR count). The smallest absolute Gasteiger partial charge is 0.133 e. The minimum absolute atomic E-state index is 0.417. The average Bonchev–Trinajstić information content (AvgIpc) is 2.02. The number of aromatic nitrogens is 1. The van der Waals surface area contributed by atoms with Crippen molar-refractivity contribution in [1.82, 2.24) is 4.98 Å². The molecule has 0 fully saturated rings. The Morgan fingerprint density at radius 1 is 1.54 bits per heavy atom. The third-order valence-corrected chi connectivity index (χ3v) is 3.33. The largest absolute Gasteiger partial charge is 0.241 e. The first-order valence-electron chi connectivity index (χ1n) is 4.26. The van der Waals surface area contributed by atoms with E-state index in [1.165, 1.54) is 5.56 Å². The molecule has 1 aromatic rings. The van der Waals surface area contributed by atoms with Gasteiger partial charge in [0.2, 0.25) is 0 Å². The summed E-state index contributed by atoms with van der Waals surface area (Å²) in [6, 6.07) is 2.07. The van der Waals surface area contributed by atoms with Gasteiger partial charge in [-0.1, -0.05) is 34.5 Å². The summed E-state index contributed by atoms with van der Waals surface area (Å²) in [4.78, 5) is 4.25. The highest BCUT2D eigenvalue weighted by atomic mass is 79.9. The monoisotopic (exact) mass is 261 g/mol. The summed E-state index contributed by atoms with van der Waals surface area (Å²) in [5.74, 6) is 0.417. The minimum Gasteiger partial charge on any atom is -0.241 e. The van der Waals surface area contributed by atoms with Crippen LogP contribution in [0.2, 0.25) is 5.15 Å². The van der Waals surface area contributed by atoms with E-state index in [0.717, 1.165) is 16.6 Å². The number of hydrogen-bond acceptors (Lipinski definition) is 1. The lowest BCUT2D eigenvalue weighted by Crippen LogP contribution is -2.01. The summed E-state index contributed by atoms with van der Waals surface area (Å²) in [5, 5.41) is 1.56. The molecule has 72 valence electrons. The van der Waals surface area contributed by atoms with Crippen molar-refractivity contribution in [3.63, 3.8) is 0 Å². The molecular formula is C10H13BrClN. The third-order valence-electron chi connectivity index (χ3n) is 2.07. The zero-order chi connectivity index (χ0) is 10.0. The summed E-state index contributed by atoms with van der Waals surface area (Å²) in [7, 11) is 0. The van der Waals surface area contributed by atoms with Gasteiger partial charge < -0.3 is 0 Å². The molecule has 0 aromatic carbocycles. The molecule has 1 aromatic heterocycles. The number of rotatable bonds is 2. The predicted molar refractivity (Wildman–Crippen MR) is 60.9 cm³/mol. The van der Waals surface area contributed by atoms with Crippen LogP contribution in [0.25, 0.3) is 0 Å². The van der Waals surface area contributed by atoms with Gasteiger partial charge in [0, 0.05) is 11.0 Å². The van der Waals surface area contributed by atoms with E-state index in [4.69, 9.17) is 11.6 Å². The molecule has 1 heterocycles. The van der Waals surface area contributed by atoms with Crippen molar-refractivity contribution < 1.29 is 0 Å². The Bertz CT molecular complexity index is 289. The van der Waals surface area contributed by atoms with Crippen LogP contribution in [-0.4, -0.2) is 10.3 Å². The van der Waals surface area contributed by atoms with Crippen LogP contribution in [0.5, 0.6) is 0 Å². The van der Waals surface area contributed by atoms with Gasteiger partial charge in [-0.2, -0.15) is 0 Å². The van der Waals surface area contributed by atoms with E-state index in [0.29, 0.717) is 11.1 Å². The van der Waals surface area contributed by atoms with Crippen LogP contribution in [0.3, 0.4) is 0 Å².